The Morgan fingerprint density at radius 1 is 1.20 bits per heavy atom. The highest BCUT2D eigenvalue weighted by molar-refractivity contribution is 6.35. The summed E-state index contributed by atoms with van der Waals surface area (Å²) >= 11 is 0. The molecule has 1 aliphatic heterocycles. The zero-order chi connectivity index (χ0) is 22.3. The molecule has 1 heterocycles. The van der Waals surface area contributed by atoms with E-state index in [4.69, 9.17) is 5.73 Å². The highest BCUT2D eigenvalue weighted by Gasteiger charge is 2.56. The number of ether oxygens (including phenoxy) is 1. The number of carbonyl (C=O) groups excluding carboxylic acids is 2. The van der Waals surface area contributed by atoms with E-state index in [1.54, 1.807) is 0 Å². The Bertz CT molecular complexity index is 1020. The molecule has 6 nitrogen and oxygen atoms in total. The van der Waals surface area contributed by atoms with Crippen molar-refractivity contribution in [2.75, 3.05) is 5.01 Å². The van der Waals surface area contributed by atoms with E-state index in [0.29, 0.717) is 6.92 Å². The van der Waals surface area contributed by atoms with Gasteiger partial charge in [0.15, 0.2) is 5.41 Å². The maximum Gasteiger partial charge on any atom is 0.387 e. The van der Waals surface area contributed by atoms with Crippen molar-refractivity contribution in [2.24, 2.45) is 10.8 Å². The molecule has 2 aromatic rings. The third-order valence-corrected chi connectivity index (χ3v) is 4.78. The molecule has 2 amide bonds. The highest BCUT2D eigenvalue weighted by atomic mass is 19.3. The molecule has 1 atom stereocenters. The van der Waals surface area contributed by atoms with Gasteiger partial charge >= 0.3 is 6.61 Å². The Morgan fingerprint density at radius 2 is 1.83 bits per heavy atom. The summed E-state index contributed by atoms with van der Waals surface area (Å²) < 4.78 is 56.5. The number of halogens is 4. The number of amides is 2. The molecule has 0 aromatic heterocycles. The first-order chi connectivity index (χ1) is 14.0. The quantitative estimate of drug-likeness (QED) is 0.570. The Hall–Kier alpha value is -3.43. The number of anilines is 1. The smallest absolute Gasteiger partial charge is 0.387 e. The molecule has 0 bridgehead atoms. The van der Waals surface area contributed by atoms with E-state index in [0.717, 1.165) is 11.1 Å². The zero-order valence-corrected chi connectivity index (χ0v) is 15.9. The van der Waals surface area contributed by atoms with Gasteiger partial charge in [0.1, 0.15) is 5.75 Å². The van der Waals surface area contributed by atoms with Gasteiger partial charge in [0.2, 0.25) is 5.91 Å². The number of nitrogens with two attached hydrogens (primary N) is 1. The molecule has 0 radical (unpaired) electrons. The predicted molar refractivity (Wildman–Crippen MR) is 101 cm³/mol. The normalized spacial score (nSPS) is 19.2. The second kappa shape index (κ2) is 7.43. The van der Waals surface area contributed by atoms with Gasteiger partial charge in [-0.25, -0.2) is 8.78 Å². The van der Waals surface area contributed by atoms with Gasteiger partial charge in [0, 0.05) is 12.5 Å². The summed E-state index contributed by atoms with van der Waals surface area (Å²) in [5, 5.41) is 4.97. The molecule has 158 valence electrons. The van der Waals surface area contributed by atoms with Gasteiger partial charge in [-0.1, -0.05) is 18.2 Å². The van der Waals surface area contributed by atoms with Gasteiger partial charge in [-0.3, -0.25) is 9.59 Å². The van der Waals surface area contributed by atoms with Gasteiger partial charge < -0.3 is 10.5 Å². The van der Waals surface area contributed by atoms with Crippen LogP contribution < -0.4 is 15.5 Å². The van der Waals surface area contributed by atoms with Crippen LogP contribution in [0.2, 0.25) is 0 Å². The summed E-state index contributed by atoms with van der Waals surface area (Å²) in [6, 6.07) is 9.84. The lowest BCUT2D eigenvalue weighted by atomic mass is 9.75. The molecule has 2 N–H and O–H groups in total. The zero-order valence-electron chi connectivity index (χ0n) is 15.9. The van der Waals surface area contributed by atoms with Crippen LogP contribution >= 0.6 is 0 Å². The fourth-order valence-corrected chi connectivity index (χ4v) is 3.31. The Labute approximate surface area is 168 Å². The van der Waals surface area contributed by atoms with Gasteiger partial charge in [-0.05, 0) is 42.8 Å². The molecule has 0 saturated carbocycles. The molecular formula is C20H17F4N3O3. The van der Waals surface area contributed by atoms with Gasteiger partial charge in [-0.2, -0.15) is 18.9 Å². The number of nitrogens with zero attached hydrogens (tertiary/aromatic N) is 2. The standard InChI is InChI=1S/C20H17F4N3O3/c1-11-20(16(25)28,13-5-3-4-12(10-13)19(2,23)24)17(29)27(26-11)14-6-8-15(9-7-14)30-18(21)22/h3-10,18H,1-2H3,(H2,25,28). The molecule has 30 heavy (non-hydrogen) atoms. The minimum atomic E-state index is -3.21. The summed E-state index contributed by atoms with van der Waals surface area (Å²) in [6.45, 7) is -0.945. The van der Waals surface area contributed by atoms with Crippen LogP contribution in [0.25, 0.3) is 0 Å². The van der Waals surface area contributed by atoms with Crippen molar-refractivity contribution >= 4 is 23.2 Å². The number of carbonyl (C=O) groups is 2. The van der Waals surface area contributed by atoms with Gasteiger partial charge in [0.05, 0.1) is 11.4 Å². The second-order valence-corrected chi connectivity index (χ2v) is 6.76. The van der Waals surface area contributed by atoms with Crippen LogP contribution in [0.3, 0.4) is 0 Å². The molecule has 10 heteroatoms. The van der Waals surface area contributed by atoms with Crippen LogP contribution in [0, 0.1) is 0 Å². The minimum absolute atomic E-state index is 0.00974. The van der Waals surface area contributed by atoms with Crippen LogP contribution in [-0.2, 0) is 20.9 Å². The molecule has 1 aliphatic rings. The monoisotopic (exact) mass is 423 g/mol. The first-order valence-electron chi connectivity index (χ1n) is 8.71. The Morgan fingerprint density at radius 3 is 2.37 bits per heavy atom. The molecule has 0 spiro atoms. The number of benzene rings is 2. The van der Waals surface area contributed by atoms with Crippen molar-refractivity contribution in [2.45, 2.75) is 31.8 Å². The Balaban J connectivity index is 2.05. The number of hydrazone groups is 1. The van der Waals surface area contributed by atoms with Crippen molar-refractivity contribution in [1.29, 1.82) is 0 Å². The van der Waals surface area contributed by atoms with Crippen molar-refractivity contribution < 1.29 is 31.9 Å². The maximum absolute atomic E-state index is 13.8. The molecule has 2 aromatic carbocycles. The van der Waals surface area contributed by atoms with E-state index < -0.39 is 35.3 Å². The van der Waals surface area contributed by atoms with Crippen molar-refractivity contribution in [3.8, 4) is 5.75 Å². The van der Waals surface area contributed by atoms with Gasteiger partial charge in [0.25, 0.3) is 11.8 Å². The largest absolute Gasteiger partial charge is 0.435 e. The van der Waals surface area contributed by atoms with Gasteiger partial charge in [-0.15, -0.1) is 0 Å². The highest BCUT2D eigenvalue weighted by Crippen LogP contribution is 2.38. The molecule has 0 saturated heterocycles. The molecule has 3 rings (SSSR count). The van der Waals surface area contributed by atoms with E-state index in [-0.39, 0.29) is 22.7 Å². The molecule has 1 unspecified atom stereocenters. The fourth-order valence-electron chi connectivity index (χ4n) is 3.31. The van der Waals surface area contributed by atoms with Crippen LogP contribution in [-0.4, -0.2) is 24.1 Å². The van der Waals surface area contributed by atoms with E-state index >= 15 is 0 Å². The number of rotatable bonds is 6. The number of primary amides is 1. The fraction of sp³-hybridized carbons (Fsp3) is 0.250. The minimum Gasteiger partial charge on any atom is -0.435 e. The van der Waals surface area contributed by atoms with Crippen molar-refractivity contribution in [3.63, 3.8) is 0 Å². The number of hydrogen-bond acceptors (Lipinski definition) is 4. The molecular weight excluding hydrogens is 406 g/mol. The third kappa shape index (κ3) is 3.49. The predicted octanol–water partition coefficient (Wildman–Crippen LogP) is 3.55. The second-order valence-electron chi connectivity index (χ2n) is 6.76. The van der Waals surface area contributed by atoms with E-state index in [1.807, 2.05) is 0 Å². The first kappa shape index (κ1) is 21.3. The summed E-state index contributed by atoms with van der Waals surface area (Å²) in [5.41, 5.74) is 3.19. The maximum atomic E-state index is 13.8. The lowest BCUT2D eigenvalue weighted by molar-refractivity contribution is -0.130. The summed E-state index contributed by atoms with van der Waals surface area (Å²) in [5.74, 6) is -5.29. The summed E-state index contributed by atoms with van der Waals surface area (Å²) in [7, 11) is 0. The molecule has 0 fully saturated rings. The van der Waals surface area contributed by atoms with E-state index in [9.17, 15) is 27.2 Å². The lowest BCUT2D eigenvalue weighted by Gasteiger charge is -2.26. The van der Waals surface area contributed by atoms with E-state index in [2.05, 4.69) is 9.84 Å². The van der Waals surface area contributed by atoms with Crippen molar-refractivity contribution in [3.05, 3.63) is 59.7 Å². The molecule has 0 aliphatic carbocycles. The topological polar surface area (TPSA) is 85.0 Å². The van der Waals surface area contributed by atoms with Crippen LogP contribution in [0.1, 0.15) is 25.0 Å². The van der Waals surface area contributed by atoms with Crippen LogP contribution in [0.15, 0.2) is 53.6 Å². The van der Waals surface area contributed by atoms with Crippen LogP contribution in [0.5, 0.6) is 5.75 Å². The summed E-state index contributed by atoms with van der Waals surface area (Å²) in [6.07, 6.45) is 0. The third-order valence-electron chi connectivity index (χ3n) is 4.78. The summed E-state index contributed by atoms with van der Waals surface area (Å²) in [4.78, 5) is 25.7. The Kier molecular flexibility index (Phi) is 5.27. The average molecular weight is 423 g/mol. The number of hydrogen-bond donors (Lipinski definition) is 1. The average Bonchev–Trinajstić information content (AvgIpc) is 2.93. The number of alkyl halides is 4. The lowest BCUT2D eigenvalue weighted by Crippen LogP contribution is -2.53. The SMILES string of the molecule is CC1=NN(c2ccc(OC(F)F)cc2)C(=O)C1(C(N)=O)c1cccc(C(C)(F)F)c1. The van der Waals surface area contributed by atoms with E-state index in [1.165, 1.54) is 49.4 Å². The first-order valence-corrected chi connectivity index (χ1v) is 8.71. The van der Waals surface area contributed by atoms with Crippen LogP contribution in [0.4, 0.5) is 23.2 Å². The van der Waals surface area contributed by atoms with Crippen molar-refractivity contribution in [1.82, 2.24) is 0 Å².